The number of nitro groups is 1. The molecule has 1 aliphatic heterocycles. The fraction of sp³-hybridized carbons (Fsp3) is 0.115. The van der Waals surface area contributed by atoms with Gasteiger partial charge >= 0.3 is 6.03 Å². The molecule has 0 spiro atoms. The molecule has 188 valence electrons. The summed E-state index contributed by atoms with van der Waals surface area (Å²) in [7, 11) is 1.46. The zero-order valence-corrected chi connectivity index (χ0v) is 19.7. The highest BCUT2D eigenvalue weighted by atomic mass is 16.6. The van der Waals surface area contributed by atoms with Crippen molar-refractivity contribution >= 4 is 35.3 Å². The van der Waals surface area contributed by atoms with Crippen LogP contribution in [-0.2, 0) is 16.2 Å². The Morgan fingerprint density at radius 3 is 2.54 bits per heavy atom. The van der Waals surface area contributed by atoms with Crippen LogP contribution in [0.15, 0.2) is 78.5 Å². The number of rotatable bonds is 9. The molecule has 3 aromatic carbocycles. The Kier molecular flexibility index (Phi) is 7.43. The average molecular weight is 502 g/mol. The van der Waals surface area contributed by atoms with Gasteiger partial charge in [-0.1, -0.05) is 42.5 Å². The molecule has 0 radical (unpaired) electrons. The Bertz CT molecular complexity index is 1400. The van der Waals surface area contributed by atoms with Crippen LogP contribution in [0.3, 0.4) is 0 Å². The van der Waals surface area contributed by atoms with Crippen molar-refractivity contribution in [2.24, 2.45) is 0 Å². The summed E-state index contributed by atoms with van der Waals surface area (Å²) >= 11 is 0. The molecule has 4 amide bonds. The average Bonchev–Trinajstić information content (AvgIpc) is 3.15. The van der Waals surface area contributed by atoms with Crippen LogP contribution in [0.4, 0.5) is 16.2 Å². The maximum atomic E-state index is 12.9. The molecule has 4 rings (SSSR count). The maximum Gasteiger partial charge on any atom is 0.329 e. The number of benzene rings is 3. The Morgan fingerprint density at radius 2 is 1.78 bits per heavy atom. The van der Waals surface area contributed by atoms with Gasteiger partial charge < -0.3 is 20.1 Å². The van der Waals surface area contributed by atoms with Crippen molar-refractivity contribution in [3.8, 4) is 11.5 Å². The van der Waals surface area contributed by atoms with Crippen molar-refractivity contribution in [2.75, 3.05) is 19.0 Å². The summed E-state index contributed by atoms with van der Waals surface area (Å²) in [6.45, 7) is -0.442. The smallest absolute Gasteiger partial charge is 0.329 e. The Balaban J connectivity index is 1.45. The number of para-hydroxylation sites is 3. The largest absolute Gasteiger partial charge is 0.495 e. The lowest BCUT2D eigenvalue weighted by Gasteiger charge is -2.13. The van der Waals surface area contributed by atoms with Crippen LogP contribution in [-0.4, -0.2) is 41.3 Å². The highest BCUT2D eigenvalue weighted by molar-refractivity contribution is 6.16. The van der Waals surface area contributed by atoms with Gasteiger partial charge in [0.15, 0.2) is 0 Å². The van der Waals surface area contributed by atoms with E-state index >= 15 is 0 Å². The normalized spacial score (nSPS) is 13.9. The topological polar surface area (TPSA) is 140 Å². The number of urea groups is 1. The molecule has 11 heteroatoms. The Morgan fingerprint density at radius 1 is 1.05 bits per heavy atom. The van der Waals surface area contributed by atoms with Crippen LogP contribution in [0, 0.1) is 10.1 Å². The summed E-state index contributed by atoms with van der Waals surface area (Å²) in [6, 6.07) is 18.9. The number of non-ortho nitro benzene ring substituents is 1. The van der Waals surface area contributed by atoms with Crippen molar-refractivity contribution in [1.82, 2.24) is 10.2 Å². The lowest BCUT2D eigenvalue weighted by molar-refractivity contribution is -0.384. The van der Waals surface area contributed by atoms with Crippen molar-refractivity contribution in [3.05, 3.63) is 99.7 Å². The number of imide groups is 1. The Hall–Kier alpha value is -5.19. The van der Waals surface area contributed by atoms with Gasteiger partial charge in [0.1, 0.15) is 30.3 Å². The molecule has 1 fully saturated rings. The van der Waals surface area contributed by atoms with Gasteiger partial charge in [0.25, 0.3) is 11.6 Å². The number of hydrogen-bond donors (Lipinski definition) is 2. The van der Waals surface area contributed by atoms with Crippen molar-refractivity contribution in [3.63, 3.8) is 0 Å². The van der Waals surface area contributed by atoms with Crippen LogP contribution in [0.1, 0.15) is 11.1 Å². The number of nitrogens with one attached hydrogen (secondary N) is 2. The molecular weight excluding hydrogens is 480 g/mol. The minimum Gasteiger partial charge on any atom is -0.495 e. The van der Waals surface area contributed by atoms with E-state index in [1.165, 1.54) is 25.3 Å². The van der Waals surface area contributed by atoms with E-state index < -0.39 is 29.3 Å². The van der Waals surface area contributed by atoms with Gasteiger partial charge in [0, 0.05) is 17.7 Å². The van der Waals surface area contributed by atoms with Crippen molar-refractivity contribution < 1.29 is 28.8 Å². The molecule has 0 aromatic heterocycles. The Labute approximate surface area is 211 Å². The van der Waals surface area contributed by atoms with Crippen LogP contribution in [0.2, 0.25) is 0 Å². The zero-order chi connectivity index (χ0) is 26.4. The highest BCUT2D eigenvalue weighted by Crippen LogP contribution is 2.25. The first-order valence-electron chi connectivity index (χ1n) is 11.1. The molecule has 1 aliphatic rings. The second-order valence-electron chi connectivity index (χ2n) is 7.88. The summed E-state index contributed by atoms with van der Waals surface area (Å²) < 4.78 is 11.0. The van der Waals surface area contributed by atoms with Crippen LogP contribution in [0.5, 0.6) is 11.5 Å². The number of carbonyl (C=O) groups is 3. The number of hydrogen-bond acceptors (Lipinski definition) is 7. The first-order chi connectivity index (χ1) is 17.9. The molecule has 0 saturated carbocycles. The summed E-state index contributed by atoms with van der Waals surface area (Å²) in [5, 5.41) is 16.1. The summed E-state index contributed by atoms with van der Waals surface area (Å²) in [6.07, 6.45) is 1.45. The second-order valence-corrected chi connectivity index (χ2v) is 7.88. The predicted octanol–water partition coefficient (Wildman–Crippen LogP) is 3.71. The number of nitro benzene ring substituents is 1. The van der Waals surface area contributed by atoms with Gasteiger partial charge in [-0.05, 0) is 29.8 Å². The SMILES string of the molecule is COc1ccccc1NC(=O)CN1C(=O)N/C(=C/c2ccccc2OCc2cccc([N+](=O)[O-])c2)C1=O. The minimum atomic E-state index is -0.735. The molecule has 37 heavy (non-hydrogen) atoms. The predicted molar refractivity (Wildman–Crippen MR) is 134 cm³/mol. The zero-order valence-electron chi connectivity index (χ0n) is 19.7. The van der Waals surface area contributed by atoms with E-state index in [0.717, 1.165) is 4.90 Å². The van der Waals surface area contributed by atoms with Crippen molar-refractivity contribution in [1.29, 1.82) is 0 Å². The first kappa shape index (κ1) is 24.9. The molecule has 0 atom stereocenters. The van der Waals surface area contributed by atoms with E-state index in [-0.39, 0.29) is 18.0 Å². The number of anilines is 1. The van der Waals surface area contributed by atoms with Gasteiger partial charge in [-0.3, -0.25) is 19.7 Å². The van der Waals surface area contributed by atoms with E-state index in [0.29, 0.717) is 28.3 Å². The minimum absolute atomic E-state index is 0.0264. The van der Waals surface area contributed by atoms with E-state index in [2.05, 4.69) is 10.6 Å². The molecule has 11 nitrogen and oxygen atoms in total. The third-order valence-electron chi connectivity index (χ3n) is 5.38. The van der Waals surface area contributed by atoms with Gasteiger partial charge in [0.2, 0.25) is 5.91 Å². The van der Waals surface area contributed by atoms with E-state index in [9.17, 15) is 24.5 Å². The van der Waals surface area contributed by atoms with E-state index in [1.807, 2.05) is 0 Å². The van der Waals surface area contributed by atoms with Gasteiger partial charge in [-0.25, -0.2) is 9.69 Å². The lowest BCUT2D eigenvalue weighted by Crippen LogP contribution is -2.38. The summed E-state index contributed by atoms with van der Waals surface area (Å²) in [4.78, 5) is 49.1. The van der Waals surface area contributed by atoms with E-state index in [4.69, 9.17) is 9.47 Å². The van der Waals surface area contributed by atoms with Crippen molar-refractivity contribution in [2.45, 2.75) is 6.61 Å². The molecule has 1 heterocycles. The summed E-state index contributed by atoms with van der Waals surface area (Å²) in [5.41, 5.74) is 1.42. The monoisotopic (exact) mass is 502 g/mol. The van der Waals surface area contributed by atoms with Crippen LogP contribution < -0.4 is 20.1 Å². The molecule has 1 saturated heterocycles. The molecule has 3 aromatic rings. The maximum absolute atomic E-state index is 12.9. The molecular formula is C26H22N4O7. The molecule has 0 bridgehead atoms. The number of carbonyl (C=O) groups excluding carboxylic acids is 3. The van der Waals surface area contributed by atoms with Crippen LogP contribution >= 0.6 is 0 Å². The summed E-state index contributed by atoms with van der Waals surface area (Å²) in [5.74, 6) is -0.408. The molecule has 2 N–H and O–H groups in total. The second kappa shape index (κ2) is 11.0. The third kappa shape index (κ3) is 5.90. The van der Waals surface area contributed by atoms with Gasteiger partial charge in [-0.15, -0.1) is 0 Å². The quantitative estimate of drug-likeness (QED) is 0.197. The van der Waals surface area contributed by atoms with E-state index in [1.54, 1.807) is 60.7 Å². The number of amides is 4. The lowest BCUT2D eigenvalue weighted by atomic mass is 10.1. The van der Waals surface area contributed by atoms with Crippen LogP contribution in [0.25, 0.3) is 6.08 Å². The number of methoxy groups -OCH3 is 1. The highest BCUT2D eigenvalue weighted by Gasteiger charge is 2.35. The number of nitrogens with zero attached hydrogens (tertiary/aromatic N) is 2. The fourth-order valence-corrected chi connectivity index (χ4v) is 3.60. The number of ether oxygens (including phenoxy) is 2. The molecule has 0 aliphatic carbocycles. The fourth-order valence-electron chi connectivity index (χ4n) is 3.60. The van der Waals surface area contributed by atoms with Gasteiger partial charge in [-0.2, -0.15) is 0 Å². The molecule has 0 unspecified atom stereocenters. The first-order valence-corrected chi connectivity index (χ1v) is 11.1. The standard InChI is InChI=1S/C26H22N4O7/c1-36-23-12-5-3-10-20(23)27-24(31)15-29-25(32)21(28-26(29)33)14-18-8-2-4-11-22(18)37-16-17-7-6-9-19(13-17)30(34)35/h2-14H,15-16H2,1H3,(H,27,31)(H,28,33)/b21-14+. The van der Waals surface area contributed by atoms with Gasteiger partial charge in [0.05, 0.1) is 17.7 Å². The third-order valence-corrected chi connectivity index (χ3v) is 5.38.